The van der Waals surface area contributed by atoms with Gasteiger partial charge in [-0.1, -0.05) is 12.1 Å². The monoisotopic (exact) mass is 173 g/mol. The number of aryl methyl sites for hydroxylation is 1. The molecule has 1 aromatic rings. The molecule has 0 aromatic carbocycles. The van der Waals surface area contributed by atoms with E-state index in [-0.39, 0.29) is 0 Å². The lowest BCUT2D eigenvalue weighted by atomic mass is 9.93. The van der Waals surface area contributed by atoms with Crippen LogP contribution in [0.2, 0.25) is 0 Å². The van der Waals surface area contributed by atoms with Gasteiger partial charge in [-0.05, 0) is 49.8 Å². The molecule has 1 aliphatic rings. The van der Waals surface area contributed by atoms with Crippen molar-refractivity contribution in [2.45, 2.75) is 32.6 Å². The van der Waals surface area contributed by atoms with Gasteiger partial charge >= 0.3 is 0 Å². The van der Waals surface area contributed by atoms with Crippen molar-refractivity contribution in [1.29, 1.82) is 0 Å². The molecule has 0 saturated carbocycles. The van der Waals surface area contributed by atoms with Gasteiger partial charge in [0.1, 0.15) is 0 Å². The molecule has 0 spiro atoms. The molecule has 0 atom stereocenters. The fourth-order valence-electron chi connectivity index (χ4n) is 1.91. The summed E-state index contributed by atoms with van der Waals surface area (Å²) in [5, 5.41) is 0. The largest absolute Gasteiger partial charge is 0.261 e. The average molecular weight is 173 g/mol. The summed E-state index contributed by atoms with van der Waals surface area (Å²) in [4.78, 5) is 4.31. The molecule has 0 bridgehead atoms. The summed E-state index contributed by atoms with van der Waals surface area (Å²) in [7, 11) is 0. The van der Waals surface area contributed by atoms with Crippen molar-refractivity contribution in [3.8, 4) is 0 Å². The second-order valence-electron chi connectivity index (χ2n) is 3.61. The van der Waals surface area contributed by atoms with Gasteiger partial charge in [0, 0.05) is 11.9 Å². The smallest absolute Gasteiger partial charge is 0.0447 e. The topological polar surface area (TPSA) is 12.9 Å². The van der Waals surface area contributed by atoms with Gasteiger partial charge in [0.25, 0.3) is 0 Å². The lowest BCUT2D eigenvalue weighted by Gasteiger charge is -2.13. The zero-order valence-electron chi connectivity index (χ0n) is 8.09. The lowest BCUT2D eigenvalue weighted by Crippen LogP contribution is -1.95. The summed E-state index contributed by atoms with van der Waals surface area (Å²) in [6.45, 7) is 2.09. The first-order valence-corrected chi connectivity index (χ1v) is 4.99. The van der Waals surface area contributed by atoms with Crippen LogP contribution < -0.4 is 0 Å². The Hall–Kier alpha value is -1.11. The number of hydrogen-bond acceptors (Lipinski definition) is 1. The molecule has 0 N–H and O–H groups in total. The minimum atomic E-state index is 1.16. The highest BCUT2D eigenvalue weighted by molar-refractivity contribution is 5.67. The third-order valence-electron chi connectivity index (χ3n) is 2.64. The minimum Gasteiger partial charge on any atom is -0.261 e. The molecule has 0 unspecified atom stereocenters. The third kappa shape index (κ3) is 1.80. The Balaban J connectivity index is 2.34. The number of allylic oxidation sites excluding steroid dienone is 2. The van der Waals surface area contributed by atoms with Gasteiger partial charge in [-0.25, -0.2) is 0 Å². The first kappa shape index (κ1) is 8.49. The van der Waals surface area contributed by atoms with E-state index in [1.54, 1.807) is 0 Å². The van der Waals surface area contributed by atoms with Crippen molar-refractivity contribution in [2.24, 2.45) is 0 Å². The summed E-state index contributed by atoms with van der Waals surface area (Å²) in [5.74, 6) is 0. The van der Waals surface area contributed by atoms with Crippen LogP contribution in [0.3, 0.4) is 0 Å². The Morgan fingerprint density at radius 1 is 1.31 bits per heavy atom. The first-order chi connectivity index (χ1) is 6.38. The maximum absolute atomic E-state index is 4.31. The molecule has 0 aliphatic heterocycles. The molecule has 0 fully saturated rings. The number of nitrogens with zero attached hydrogens (tertiary/aromatic N) is 1. The predicted molar refractivity (Wildman–Crippen MR) is 55.4 cm³/mol. The molecular weight excluding hydrogens is 158 g/mol. The molecule has 2 rings (SSSR count). The highest BCUT2D eigenvalue weighted by Gasteiger charge is 2.07. The second-order valence-corrected chi connectivity index (χ2v) is 3.61. The van der Waals surface area contributed by atoms with E-state index in [1.165, 1.54) is 36.8 Å². The van der Waals surface area contributed by atoms with E-state index < -0.39 is 0 Å². The third-order valence-corrected chi connectivity index (χ3v) is 2.64. The molecule has 0 radical (unpaired) electrons. The van der Waals surface area contributed by atoms with Crippen LogP contribution >= 0.6 is 0 Å². The van der Waals surface area contributed by atoms with Gasteiger partial charge in [-0.2, -0.15) is 0 Å². The second kappa shape index (κ2) is 3.73. The van der Waals surface area contributed by atoms with Gasteiger partial charge in [-0.3, -0.25) is 4.98 Å². The Morgan fingerprint density at radius 3 is 2.92 bits per heavy atom. The molecule has 68 valence electrons. The Kier molecular flexibility index (Phi) is 2.44. The van der Waals surface area contributed by atoms with E-state index >= 15 is 0 Å². The van der Waals surface area contributed by atoms with E-state index in [0.29, 0.717) is 0 Å². The Labute approximate surface area is 79.5 Å². The number of rotatable bonds is 1. The van der Waals surface area contributed by atoms with Crippen LogP contribution in [0.1, 0.15) is 36.9 Å². The molecule has 13 heavy (non-hydrogen) atoms. The van der Waals surface area contributed by atoms with Crippen molar-refractivity contribution in [3.05, 3.63) is 35.7 Å². The molecular formula is C12H15N. The van der Waals surface area contributed by atoms with Crippen molar-refractivity contribution in [3.63, 3.8) is 0 Å². The standard InChI is InChI=1S/C12H15N/c1-10-12(8-5-9-13-10)11-6-3-2-4-7-11/h5-6,8-9H,2-4,7H2,1H3. The fraction of sp³-hybridized carbons (Fsp3) is 0.417. The van der Waals surface area contributed by atoms with Crippen LogP contribution in [0, 0.1) is 6.92 Å². The fourth-order valence-corrected chi connectivity index (χ4v) is 1.91. The predicted octanol–water partition coefficient (Wildman–Crippen LogP) is 3.35. The van der Waals surface area contributed by atoms with Crippen molar-refractivity contribution < 1.29 is 0 Å². The first-order valence-electron chi connectivity index (χ1n) is 4.99. The highest BCUT2D eigenvalue weighted by atomic mass is 14.7. The maximum Gasteiger partial charge on any atom is 0.0447 e. The van der Waals surface area contributed by atoms with Gasteiger partial charge in [0.2, 0.25) is 0 Å². The number of pyridine rings is 1. The van der Waals surface area contributed by atoms with Crippen LogP contribution in [0.5, 0.6) is 0 Å². The summed E-state index contributed by atoms with van der Waals surface area (Å²) in [6, 6.07) is 4.21. The van der Waals surface area contributed by atoms with E-state index in [9.17, 15) is 0 Å². The van der Waals surface area contributed by atoms with Crippen LogP contribution in [0.4, 0.5) is 0 Å². The molecule has 1 heterocycles. The zero-order valence-corrected chi connectivity index (χ0v) is 8.09. The number of hydrogen-bond donors (Lipinski definition) is 0. The molecule has 1 aliphatic carbocycles. The van der Waals surface area contributed by atoms with Gasteiger partial charge in [0.05, 0.1) is 0 Å². The Morgan fingerprint density at radius 2 is 2.23 bits per heavy atom. The molecule has 0 amide bonds. The minimum absolute atomic E-state index is 1.16. The van der Waals surface area contributed by atoms with Crippen LogP contribution in [-0.2, 0) is 0 Å². The van der Waals surface area contributed by atoms with Crippen LogP contribution in [0.25, 0.3) is 5.57 Å². The normalized spacial score (nSPS) is 16.8. The summed E-state index contributed by atoms with van der Waals surface area (Å²) in [6.07, 6.45) is 9.38. The highest BCUT2D eigenvalue weighted by Crippen LogP contribution is 2.27. The lowest BCUT2D eigenvalue weighted by molar-refractivity contribution is 0.741. The van der Waals surface area contributed by atoms with Crippen molar-refractivity contribution in [2.75, 3.05) is 0 Å². The van der Waals surface area contributed by atoms with Crippen LogP contribution in [0.15, 0.2) is 24.4 Å². The van der Waals surface area contributed by atoms with Crippen molar-refractivity contribution >= 4 is 5.57 Å². The van der Waals surface area contributed by atoms with Crippen LogP contribution in [-0.4, -0.2) is 4.98 Å². The van der Waals surface area contributed by atoms with Crippen molar-refractivity contribution in [1.82, 2.24) is 4.98 Å². The average Bonchev–Trinajstić information content (AvgIpc) is 2.20. The van der Waals surface area contributed by atoms with E-state index in [4.69, 9.17) is 0 Å². The van der Waals surface area contributed by atoms with E-state index in [2.05, 4.69) is 24.1 Å². The summed E-state index contributed by atoms with van der Waals surface area (Å²) in [5.41, 5.74) is 4.01. The zero-order chi connectivity index (χ0) is 9.10. The van der Waals surface area contributed by atoms with Gasteiger partial charge in [-0.15, -0.1) is 0 Å². The molecule has 0 saturated heterocycles. The molecule has 1 aromatic heterocycles. The van der Waals surface area contributed by atoms with E-state index in [1.807, 2.05) is 12.3 Å². The number of aromatic nitrogens is 1. The van der Waals surface area contributed by atoms with E-state index in [0.717, 1.165) is 5.69 Å². The Bertz CT molecular complexity index is 326. The summed E-state index contributed by atoms with van der Waals surface area (Å²) < 4.78 is 0. The molecule has 1 nitrogen and oxygen atoms in total. The quantitative estimate of drug-likeness (QED) is 0.634. The molecule has 1 heteroatoms. The SMILES string of the molecule is Cc1ncccc1C1=CCCCC1. The summed E-state index contributed by atoms with van der Waals surface area (Å²) >= 11 is 0. The van der Waals surface area contributed by atoms with Gasteiger partial charge in [0.15, 0.2) is 0 Å². The van der Waals surface area contributed by atoms with Gasteiger partial charge < -0.3 is 0 Å². The maximum atomic E-state index is 4.31.